The largest absolute Gasteiger partial charge is 0.434 e. The van der Waals surface area contributed by atoms with E-state index in [1.807, 2.05) is 0 Å². The maximum Gasteiger partial charge on any atom is 0.434 e. The molecule has 1 aliphatic heterocycles. The van der Waals surface area contributed by atoms with Crippen LogP contribution in [-0.4, -0.2) is 49.1 Å². The first-order valence-corrected chi connectivity index (χ1v) is 9.55. The number of halogens is 4. The van der Waals surface area contributed by atoms with E-state index in [0.29, 0.717) is 11.0 Å². The highest BCUT2D eigenvalue weighted by Gasteiger charge is 2.33. The van der Waals surface area contributed by atoms with Gasteiger partial charge in [0.05, 0.1) is 6.54 Å². The molecule has 10 heteroatoms. The normalized spacial score (nSPS) is 16.7. The van der Waals surface area contributed by atoms with Gasteiger partial charge in [-0.25, -0.2) is 4.98 Å². The van der Waals surface area contributed by atoms with Crippen molar-refractivity contribution < 1.29 is 13.2 Å². The van der Waals surface area contributed by atoms with Crippen LogP contribution in [0, 0.1) is 0 Å². The summed E-state index contributed by atoms with van der Waals surface area (Å²) >= 11 is 0.995. The van der Waals surface area contributed by atoms with Gasteiger partial charge in [0.25, 0.3) is 0 Å². The van der Waals surface area contributed by atoms with Crippen LogP contribution >= 0.6 is 35.3 Å². The summed E-state index contributed by atoms with van der Waals surface area (Å²) in [7, 11) is 1.65. The maximum absolute atomic E-state index is 12.5. The summed E-state index contributed by atoms with van der Waals surface area (Å²) in [6.45, 7) is 4.43. The molecule has 0 amide bonds. The van der Waals surface area contributed by atoms with Crippen molar-refractivity contribution in [1.82, 2.24) is 20.5 Å². The number of aliphatic imine (C=N–C) groups is 1. The predicted molar refractivity (Wildman–Crippen MR) is 110 cm³/mol. The minimum Gasteiger partial charge on any atom is -0.356 e. The van der Waals surface area contributed by atoms with Gasteiger partial charge >= 0.3 is 6.18 Å². The Morgan fingerprint density at radius 3 is 2.50 bits per heavy atom. The maximum atomic E-state index is 12.5. The Hall–Kier alpha value is -0.620. The van der Waals surface area contributed by atoms with E-state index in [2.05, 4.69) is 25.5 Å². The quantitative estimate of drug-likeness (QED) is 0.268. The Labute approximate surface area is 173 Å². The van der Waals surface area contributed by atoms with Crippen molar-refractivity contribution in [2.45, 2.75) is 44.8 Å². The van der Waals surface area contributed by atoms with E-state index in [1.54, 1.807) is 7.05 Å². The molecule has 0 saturated carbocycles. The molecule has 0 unspecified atom stereocenters. The first-order valence-electron chi connectivity index (χ1n) is 8.67. The highest BCUT2D eigenvalue weighted by atomic mass is 127. The molecule has 0 bridgehead atoms. The number of guanidine groups is 1. The number of alkyl halides is 3. The standard InChI is InChI=1S/C16H26F3N5S.HI/c1-20-15(21-7-6-10-24-8-4-2-3-5-9-24)22-11-14-23-13(12-25-14)16(17,18)19;/h12H,2-11H2,1H3,(H2,20,21,22);1H. The van der Waals surface area contributed by atoms with Crippen LogP contribution in [0.2, 0.25) is 0 Å². The van der Waals surface area contributed by atoms with Crippen LogP contribution < -0.4 is 10.6 Å². The van der Waals surface area contributed by atoms with E-state index >= 15 is 0 Å². The van der Waals surface area contributed by atoms with Crippen molar-refractivity contribution in [2.75, 3.05) is 33.2 Å². The van der Waals surface area contributed by atoms with Crippen molar-refractivity contribution in [3.05, 3.63) is 16.1 Å². The molecule has 2 N–H and O–H groups in total. The number of likely N-dealkylation sites (tertiary alicyclic amines) is 1. The molecule has 1 aliphatic rings. The molecular weight excluding hydrogens is 478 g/mol. The summed E-state index contributed by atoms with van der Waals surface area (Å²) in [4.78, 5) is 10.2. The minimum atomic E-state index is -4.39. The van der Waals surface area contributed by atoms with Crippen molar-refractivity contribution >= 4 is 41.3 Å². The van der Waals surface area contributed by atoms with Crippen LogP contribution in [0.3, 0.4) is 0 Å². The van der Waals surface area contributed by atoms with Crippen molar-refractivity contribution in [2.24, 2.45) is 4.99 Å². The zero-order valence-corrected chi connectivity index (χ0v) is 18.1. The van der Waals surface area contributed by atoms with E-state index in [9.17, 15) is 13.2 Å². The highest BCUT2D eigenvalue weighted by Crippen LogP contribution is 2.29. The third-order valence-corrected chi connectivity index (χ3v) is 4.96. The van der Waals surface area contributed by atoms with Gasteiger partial charge in [0.1, 0.15) is 5.01 Å². The molecule has 1 aromatic heterocycles. The van der Waals surface area contributed by atoms with Gasteiger partial charge in [-0.15, -0.1) is 35.3 Å². The molecule has 2 rings (SSSR count). The summed E-state index contributed by atoms with van der Waals surface area (Å²) in [5.41, 5.74) is -0.838. The molecule has 0 radical (unpaired) electrons. The van der Waals surface area contributed by atoms with Crippen LogP contribution in [0.15, 0.2) is 10.4 Å². The van der Waals surface area contributed by atoms with Crippen LogP contribution in [-0.2, 0) is 12.7 Å². The molecule has 2 heterocycles. The molecule has 5 nitrogen and oxygen atoms in total. The second-order valence-electron chi connectivity index (χ2n) is 6.09. The third-order valence-electron chi connectivity index (χ3n) is 4.12. The molecule has 26 heavy (non-hydrogen) atoms. The van der Waals surface area contributed by atoms with E-state index < -0.39 is 11.9 Å². The summed E-state index contributed by atoms with van der Waals surface area (Å²) in [6, 6.07) is 0. The molecule has 0 spiro atoms. The van der Waals surface area contributed by atoms with Gasteiger partial charge in [0.15, 0.2) is 11.7 Å². The van der Waals surface area contributed by atoms with Gasteiger partial charge in [0, 0.05) is 19.0 Å². The fourth-order valence-electron chi connectivity index (χ4n) is 2.77. The van der Waals surface area contributed by atoms with Gasteiger partial charge in [-0.05, 0) is 38.9 Å². The minimum absolute atomic E-state index is 0. The van der Waals surface area contributed by atoms with Gasteiger partial charge in [-0.1, -0.05) is 12.8 Å². The van der Waals surface area contributed by atoms with Crippen LogP contribution in [0.5, 0.6) is 0 Å². The molecule has 1 fully saturated rings. The number of hydrogen-bond acceptors (Lipinski definition) is 4. The average Bonchev–Trinajstić information content (AvgIpc) is 2.91. The number of nitrogens with one attached hydrogen (secondary N) is 2. The van der Waals surface area contributed by atoms with E-state index in [4.69, 9.17) is 0 Å². The summed E-state index contributed by atoms with van der Waals surface area (Å²) in [6.07, 6.45) is 1.85. The first kappa shape index (κ1) is 23.4. The van der Waals surface area contributed by atoms with E-state index in [-0.39, 0.29) is 30.5 Å². The molecule has 0 aromatic carbocycles. The topological polar surface area (TPSA) is 52.6 Å². The van der Waals surface area contributed by atoms with Gasteiger partial charge in [-0.2, -0.15) is 13.2 Å². The van der Waals surface area contributed by atoms with Crippen molar-refractivity contribution in [1.29, 1.82) is 0 Å². The molecule has 150 valence electrons. The SMILES string of the molecule is CN=C(NCCCN1CCCCCC1)NCc1nc(C(F)(F)F)cs1.I. The van der Waals surface area contributed by atoms with Gasteiger partial charge in [0.2, 0.25) is 0 Å². The lowest BCUT2D eigenvalue weighted by Gasteiger charge is -2.20. The fraction of sp³-hybridized carbons (Fsp3) is 0.750. The fourth-order valence-corrected chi connectivity index (χ4v) is 3.51. The monoisotopic (exact) mass is 505 g/mol. The molecular formula is C16H27F3IN5S. The lowest BCUT2D eigenvalue weighted by Crippen LogP contribution is -2.38. The van der Waals surface area contributed by atoms with Crippen LogP contribution in [0.4, 0.5) is 13.2 Å². The molecule has 0 atom stereocenters. The Kier molecular flexibility index (Phi) is 10.8. The first-order chi connectivity index (χ1) is 12.0. The van der Waals surface area contributed by atoms with Crippen LogP contribution in [0.1, 0.15) is 42.8 Å². The smallest absolute Gasteiger partial charge is 0.356 e. The number of aromatic nitrogens is 1. The second-order valence-corrected chi connectivity index (χ2v) is 7.03. The Bertz CT molecular complexity index is 542. The predicted octanol–water partition coefficient (Wildman–Crippen LogP) is 3.71. The Morgan fingerprint density at radius 1 is 1.23 bits per heavy atom. The molecule has 1 saturated heterocycles. The summed E-state index contributed by atoms with van der Waals surface area (Å²) in [5, 5.41) is 7.63. The van der Waals surface area contributed by atoms with Gasteiger partial charge in [-0.3, -0.25) is 4.99 Å². The number of hydrogen-bond donors (Lipinski definition) is 2. The summed E-state index contributed by atoms with van der Waals surface area (Å²) < 4.78 is 37.6. The third kappa shape index (κ3) is 8.38. The Morgan fingerprint density at radius 2 is 1.92 bits per heavy atom. The second kappa shape index (κ2) is 12.0. The zero-order valence-electron chi connectivity index (χ0n) is 14.9. The van der Waals surface area contributed by atoms with Crippen molar-refractivity contribution in [3.8, 4) is 0 Å². The summed E-state index contributed by atoms with van der Waals surface area (Å²) in [5.74, 6) is 0.583. The van der Waals surface area contributed by atoms with E-state index in [0.717, 1.165) is 36.2 Å². The number of rotatable bonds is 6. The average molecular weight is 505 g/mol. The number of nitrogens with zero attached hydrogens (tertiary/aromatic N) is 3. The van der Waals surface area contributed by atoms with E-state index in [1.165, 1.54) is 38.8 Å². The van der Waals surface area contributed by atoms with Crippen LogP contribution in [0.25, 0.3) is 0 Å². The van der Waals surface area contributed by atoms with Gasteiger partial charge < -0.3 is 15.5 Å². The number of thiazole rings is 1. The zero-order chi connectivity index (χ0) is 18.1. The lowest BCUT2D eigenvalue weighted by atomic mass is 10.2. The Balaban J connectivity index is 0.00000338. The molecule has 0 aliphatic carbocycles. The molecule has 1 aromatic rings. The highest BCUT2D eigenvalue weighted by molar-refractivity contribution is 14.0. The lowest BCUT2D eigenvalue weighted by molar-refractivity contribution is -0.140. The van der Waals surface area contributed by atoms with Crippen molar-refractivity contribution in [3.63, 3.8) is 0 Å².